The molecule has 2 aromatic rings. The molecule has 0 saturated heterocycles. The second kappa shape index (κ2) is 9.76. The Morgan fingerprint density at radius 2 is 1.74 bits per heavy atom. The fourth-order valence-corrected chi connectivity index (χ4v) is 2.80. The van der Waals surface area contributed by atoms with E-state index >= 15 is 0 Å². The van der Waals surface area contributed by atoms with Crippen molar-refractivity contribution < 1.29 is 14.3 Å². The van der Waals surface area contributed by atoms with Crippen molar-refractivity contribution in [2.75, 3.05) is 25.6 Å². The van der Waals surface area contributed by atoms with Crippen molar-refractivity contribution in [2.24, 2.45) is 5.92 Å². The Kier molecular flexibility index (Phi) is 7.41. The van der Waals surface area contributed by atoms with E-state index in [-0.39, 0.29) is 18.6 Å². The molecule has 0 aliphatic heterocycles. The Morgan fingerprint density at radius 1 is 1.04 bits per heavy atom. The smallest absolute Gasteiger partial charge is 0.338 e. The number of benzene rings is 2. The third kappa shape index (κ3) is 6.44. The summed E-state index contributed by atoms with van der Waals surface area (Å²) in [7, 11) is 3.80. The highest BCUT2D eigenvalue weighted by Crippen LogP contribution is 2.21. The van der Waals surface area contributed by atoms with Crippen molar-refractivity contribution in [1.82, 2.24) is 5.32 Å². The minimum absolute atomic E-state index is 0.102. The topological polar surface area (TPSA) is 58.6 Å². The van der Waals surface area contributed by atoms with Gasteiger partial charge >= 0.3 is 5.97 Å². The molecule has 0 heterocycles. The highest BCUT2D eigenvalue weighted by atomic mass is 16.5. The monoisotopic (exact) mass is 368 g/mol. The number of carbonyl (C=O) groups excluding carboxylic acids is 2. The van der Waals surface area contributed by atoms with E-state index < -0.39 is 5.97 Å². The van der Waals surface area contributed by atoms with Gasteiger partial charge in [-0.1, -0.05) is 50.2 Å². The normalized spacial score (nSPS) is 11.7. The number of hydrogen-bond donors (Lipinski definition) is 1. The molecule has 0 fully saturated rings. The highest BCUT2D eigenvalue weighted by molar-refractivity contribution is 5.92. The standard InChI is InChI=1S/C22H28N2O3/c1-16(2)13-20(17-9-6-5-7-10-17)23-21(25)15-27-22(26)18-11-8-12-19(14-18)24(3)4/h5-12,14,16,20H,13,15H2,1-4H3,(H,23,25)/t20-/m1/s1. The zero-order valence-corrected chi connectivity index (χ0v) is 16.4. The number of carbonyl (C=O) groups is 2. The van der Waals surface area contributed by atoms with Crippen LogP contribution in [0.5, 0.6) is 0 Å². The SMILES string of the molecule is CC(C)C[C@@H](NC(=O)COC(=O)c1cccc(N(C)C)c1)c1ccccc1. The lowest BCUT2D eigenvalue weighted by molar-refractivity contribution is -0.125. The Bertz CT molecular complexity index is 757. The van der Waals surface area contributed by atoms with Gasteiger partial charge in [-0.2, -0.15) is 0 Å². The van der Waals surface area contributed by atoms with Crippen molar-refractivity contribution in [3.05, 3.63) is 65.7 Å². The average molecular weight is 368 g/mol. The number of ether oxygens (including phenoxy) is 1. The molecule has 0 saturated carbocycles. The largest absolute Gasteiger partial charge is 0.452 e. The first kappa shape index (κ1) is 20.5. The van der Waals surface area contributed by atoms with Crippen molar-refractivity contribution in [3.8, 4) is 0 Å². The van der Waals surface area contributed by atoms with E-state index in [0.29, 0.717) is 11.5 Å². The summed E-state index contributed by atoms with van der Waals surface area (Å²) >= 11 is 0. The van der Waals surface area contributed by atoms with Crippen LogP contribution in [0.25, 0.3) is 0 Å². The van der Waals surface area contributed by atoms with Gasteiger partial charge in [-0.15, -0.1) is 0 Å². The summed E-state index contributed by atoms with van der Waals surface area (Å²) < 4.78 is 5.20. The maximum absolute atomic E-state index is 12.3. The van der Waals surface area contributed by atoms with Gasteiger partial charge in [0.15, 0.2) is 6.61 Å². The second-order valence-electron chi connectivity index (χ2n) is 7.18. The van der Waals surface area contributed by atoms with Gasteiger partial charge in [0.1, 0.15) is 0 Å². The number of esters is 1. The molecule has 1 N–H and O–H groups in total. The predicted molar refractivity (Wildman–Crippen MR) is 108 cm³/mol. The van der Waals surface area contributed by atoms with Crippen LogP contribution in [0, 0.1) is 5.92 Å². The van der Waals surface area contributed by atoms with E-state index in [1.165, 1.54) is 0 Å². The molecule has 0 aromatic heterocycles. The van der Waals surface area contributed by atoms with Crippen LogP contribution in [0.4, 0.5) is 5.69 Å². The summed E-state index contributed by atoms with van der Waals surface area (Å²) in [6, 6.07) is 16.8. The molecule has 0 aliphatic rings. The minimum Gasteiger partial charge on any atom is -0.452 e. The van der Waals surface area contributed by atoms with Gasteiger partial charge in [0.05, 0.1) is 11.6 Å². The molecule has 27 heavy (non-hydrogen) atoms. The third-order valence-electron chi connectivity index (χ3n) is 4.18. The van der Waals surface area contributed by atoms with Crippen molar-refractivity contribution in [2.45, 2.75) is 26.3 Å². The Labute approximate surface area is 161 Å². The summed E-state index contributed by atoms with van der Waals surface area (Å²) in [4.78, 5) is 26.5. The highest BCUT2D eigenvalue weighted by Gasteiger charge is 2.17. The maximum atomic E-state index is 12.3. The van der Waals surface area contributed by atoms with Crippen molar-refractivity contribution in [3.63, 3.8) is 0 Å². The predicted octanol–water partition coefficient (Wildman–Crippen LogP) is 3.81. The number of anilines is 1. The number of nitrogens with zero attached hydrogens (tertiary/aromatic N) is 1. The number of hydrogen-bond acceptors (Lipinski definition) is 4. The minimum atomic E-state index is -0.506. The van der Waals surface area contributed by atoms with E-state index in [1.807, 2.05) is 55.4 Å². The number of rotatable bonds is 8. The van der Waals surface area contributed by atoms with Crippen LogP contribution in [-0.4, -0.2) is 32.6 Å². The van der Waals surface area contributed by atoms with Crippen LogP contribution < -0.4 is 10.2 Å². The van der Waals surface area contributed by atoms with Gasteiger partial charge in [0.25, 0.3) is 5.91 Å². The Balaban J connectivity index is 1.95. The van der Waals surface area contributed by atoms with Crippen LogP contribution in [-0.2, 0) is 9.53 Å². The maximum Gasteiger partial charge on any atom is 0.338 e. The fraction of sp³-hybridized carbons (Fsp3) is 0.364. The van der Waals surface area contributed by atoms with Crippen LogP contribution in [0.3, 0.4) is 0 Å². The van der Waals surface area contributed by atoms with Crippen LogP contribution >= 0.6 is 0 Å². The molecule has 5 nitrogen and oxygen atoms in total. The first-order valence-electron chi connectivity index (χ1n) is 9.15. The average Bonchev–Trinajstić information content (AvgIpc) is 2.66. The molecule has 0 unspecified atom stereocenters. The molecule has 0 spiro atoms. The van der Waals surface area contributed by atoms with Gasteiger partial charge in [-0.25, -0.2) is 4.79 Å². The molecule has 0 bridgehead atoms. The summed E-state index contributed by atoms with van der Waals surface area (Å²) in [6.45, 7) is 3.92. The van der Waals surface area contributed by atoms with Gasteiger partial charge in [0.2, 0.25) is 0 Å². The van der Waals surface area contributed by atoms with Gasteiger partial charge in [-0.05, 0) is 36.1 Å². The lowest BCUT2D eigenvalue weighted by Crippen LogP contribution is -2.33. The molecule has 5 heteroatoms. The van der Waals surface area contributed by atoms with Crippen LogP contribution in [0.15, 0.2) is 54.6 Å². The summed E-state index contributed by atoms with van der Waals surface area (Å²) in [6.07, 6.45) is 0.814. The van der Waals surface area contributed by atoms with Gasteiger partial charge < -0.3 is 15.0 Å². The van der Waals surface area contributed by atoms with E-state index in [0.717, 1.165) is 17.7 Å². The summed E-state index contributed by atoms with van der Waals surface area (Å²) in [5, 5.41) is 2.98. The molecule has 2 aromatic carbocycles. The molecule has 0 radical (unpaired) electrons. The quantitative estimate of drug-likeness (QED) is 0.720. The molecular weight excluding hydrogens is 340 g/mol. The summed E-state index contributed by atoms with van der Waals surface area (Å²) in [5.74, 6) is -0.387. The number of amides is 1. The molecule has 0 aliphatic carbocycles. The van der Waals surface area contributed by atoms with E-state index in [9.17, 15) is 9.59 Å². The van der Waals surface area contributed by atoms with Gasteiger partial charge in [0, 0.05) is 19.8 Å². The first-order valence-corrected chi connectivity index (χ1v) is 9.15. The van der Waals surface area contributed by atoms with Crippen LogP contribution in [0.2, 0.25) is 0 Å². The molecule has 1 amide bonds. The second-order valence-corrected chi connectivity index (χ2v) is 7.18. The molecule has 2 rings (SSSR count). The molecular formula is C22H28N2O3. The van der Waals surface area contributed by atoms with E-state index in [1.54, 1.807) is 18.2 Å². The lowest BCUT2D eigenvalue weighted by atomic mass is 9.97. The third-order valence-corrected chi connectivity index (χ3v) is 4.18. The van der Waals surface area contributed by atoms with Crippen molar-refractivity contribution in [1.29, 1.82) is 0 Å². The number of nitrogens with one attached hydrogen (secondary N) is 1. The Hall–Kier alpha value is -2.82. The zero-order chi connectivity index (χ0) is 19.8. The van der Waals surface area contributed by atoms with E-state index in [4.69, 9.17) is 4.74 Å². The molecule has 1 atom stereocenters. The zero-order valence-electron chi connectivity index (χ0n) is 16.4. The summed E-state index contributed by atoms with van der Waals surface area (Å²) in [5.41, 5.74) is 2.37. The fourth-order valence-electron chi connectivity index (χ4n) is 2.80. The van der Waals surface area contributed by atoms with E-state index in [2.05, 4.69) is 19.2 Å². The Morgan fingerprint density at radius 3 is 2.37 bits per heavy atom. The van der Waals surface area contributed by atoms with Gasteiger partial charge in [-0.3, -0.25) is 4.79 Å². The van der Waals surface area contributed by atoms with Crippen molar-refractivity contribution >= 4 is 17.6 Å². The van der Waals surface area contributed by atoms with Crippen LogP contribution in [0.1, 0.15) is 42.2 Å². The first-order chi connectivity index (χ1) is 12.9. The lowest BCUT2D eigenvalue weighted by Gasteiger charge is -2.21. The molecule has 144 valence electrons.